The van der Waals surface area contributed by atoms with E-state index >= 15 is 0 Å². The maximum Gasteiger partial charge on any atom is 0.316 e. The minimum atomic E-state index is -3.84. The van der Waals surface area contributed by atoms with Crippen molar-refractivity contribution in [1.82, 2.24) is 0 Å². The molecule has 0 radical (unpaired) electrons. The zero-order chi connectivity index (χ0) is 9.03. The van der Waals surface area contributed by atoms with Crippen molar-refractivity contribution in [2.24, 2.45) is 4.88 Å². The first kappa shape index (κ1) is 8.81. The Hall–Kier alpha value is -1.28. The fraction of sp³-hybridized carbons (Fsp3) is 0. The molecule has 5 nitrogen and oxygen atoms in total. The van der Waals surface area contributed by atoms with E-state index in [4.69, 9.17) is 10.4 Å². The average molecular weight is 183 g/mol. The van der Waals surface area contributed by atoms with Crippen molar-refractivity contribution in [3.05, 3.63) is 40.8 Å². The Morgan fingerprint density at radius 2 is 2.00 bits per heavy atom. The van der Waals surface area contributed by atoms with Crippen molar-refractivity contribution in [3.63, 3.8) is 0 Å². The molecule has 0 aromatic heterocycles. The highest BCUT2D eigenvalue weighted by Gasteiger charge is 2.17. The fourth-order valence-corrected chi connectivity index (χ4v) is 1.50. The average Bonchev–Trinajstić information content (AvgIpc) is 2.06. The smallest absolute Gasteiger partial charge is 0.316 e. The normalized spacial score (nSPS) is 14.4. The molecule has 0 saturated carbocycles. The van der Waals surface area contributed by atoms with Crippen LogP contribution in [0.4, 0.5) is 0 Å². The van der Waals surface area contributed by atoms with Crippen LogP contribution in [0, 0.1) is 0 Å². The van der Waals surface area contributed by atoms with E-state index in [9.17, 15) is 4.57 Å². The first-order chi connectivity index (χ1) is 5.67. The maximum absolute atomic E-state index is 11.2. The largest absolute Gasteiger partial charge is 0.337 e. The van der Waals surface area contributed by atoms with Crippen molar-refractivity contribution < 1.29 is 9.46 Å². The number of nitrogens with zero attached hydrogens (tertiary/aromatic N) is 3. The molecule has 1 unspecified atom stereocenters. The molecule has 62 valence electrons. The van der Waals surface area contributed by atoms with Gasteiger partial charge in [0.25, 0.3) is 0 Å². The first-order valence-electron chi connectivity index (χ1n) is 3.12. The van der Waals surface area contributed by atoms with E-state index < -0.39 is 7.52 Å². The molecule has 1 rings (SSSR count). The predicted octanol–water partition coefficient (Wildman–Crippen LogP) is 1.81. The van der Waals surface area contributed by atoms with E-state index in [-0.39, 0.29) is 5.30 Å². The summed E-state index contributed by atoms with van der Waals surface area (Å²) in [6.45, 7) is 0. The van der Waals surface area contributed by atoms with Crippen molar-refractivity contribution >= 4 is 12.8 Å². The van der Waals surface area contributed by atoms with Crippen LogP contribution in [0.15, 0.2) is 35.2 Å². The third-order valence-electron chi connectivity index (χ3n) is 1.25. The molecular weight excluding hydrogens is 177 g/mol. The lowest BCUT2D eigenvalue weighted by Gasteiger charge is -2.02. The summed E-state index contributed by atoms with van der Waals surface area (Å²) in [6, 6.07) is 7.79. The second kappa shape index (κ2) is 3.41. The van der Waals surface area contributed by atoms with E-state index in [0.29, 0.717) is 0 Å². The fourth-order valence-electron chi connectivity index (χ4n) is 0.728. The van der Waals surface area contributed by atoms with Gasteiger partial charge in [-0.25, -0.2) is 0 Å². The van der Waals surface area contributed by atoms with E-state index in [2.05, 4.69) is 9.80 Å². The van der Waals surface area contributed by atoms with Gasteiger partial charge in [0, 0.05) is 15.1 Å². The first-order valence-corrected chi connectivity index (χ1v) is 4.73. The second-order valence-corrected chi connectivity index (χ2v) is 3.84. The highest BCUT2D eigenvalue weighted by molar-refractivity contribution is 7.64. The summed E-state index contributed by atoms with van der Waals surface area (Å²) in [5, 5.41) is 0.141. The second-order valence-electron chi connectivity index (χ2n) is 2.06. The molecule has 0 bridgehead atoms. The van der Waals surface area contributed by atoms with Gasteiger partial charge in [0.05, 0.1) is 0 Å². The lowest BCUT2D eigenvalue weighted by Crippen LogP contribution is -1.99. The van der Waals surface area contributed by atoms with E-state index in [1.807, 2.05) is 0 Å². The van der Waals surface area contributed by atoms with Crippen molar-refractivity contribution in [2.45, 2.75) is 0 Å². The Kier molecular flexibility index (Phi) is 2.51. The van der Waals surface area contributed by atoms with Gasteiger partial charge in [-0.3, -0.25) is 4.57 Å². The SMILES string of the molecule is [N-]=[N+]=NP(=O)(O)c1ccccc1. The molecule has 6 heteroatoms. The summed E-state index contributed by atoms with van der Waals surface area (Å²) in [5.41, 5.74) is 7.99. The van der Waals surface area contributed by atoms with Gasteiger partial charge in [0.15, 0.2) is 0 Å². The predicted molar refractivity (Wildman–Crippen MR) is 45.0 cm³/mol. The zero-order valence-electron chi connectivity index (χ0n) is 6.03. The van der Waals surface area contributed by atoms with Crippen LogP contribution in [-0.4, -0.2) is 4.89 Å². The Bertz CT molecular complexity index is 358. The molecule has 12 heavy (non-hydrogen) atoms. The van der Waals surface area contributed by atoms with Gasteiger partial charge in [0.2, 0.25) is 0 Å². The van der Waals surface area contributed by atoms with Crippen LogP contribution in [0.2, 0.25) is 0 Å². The van der Waals surface area contributed by atoms with Crippen LogP contribution < -0.4 is 5.30 Å². The Morgan fingerprint density at radius 1 is 1.42 bits per heavy atom. The highest BCUT2D eigenvalue weighted by atomic mass is 31.2. The Labute approximate surface area is 68.8 Å². The molecule has 0 amide bonds. The summed E-state index contributed by atoms with van der Waals surface area (Å²) >= 11 is 0. The molecule has 1 aromatic rings. The molecule has 1 atom stereocenters. The number of azide groups is 1. The number of hydrogen-bond donors (Lipinski definition) is 1. The van der Waals surface area contributed by atoms with Crippen LogP contribution in [0.5, 0.6) is 0 Å². The van der Waals surface area contributed by atoms with Crippen molar-refractivity contribution in [1.29, 1.82) is 0 Å². The van der Waals surface area contributed by atoms with Gasteiger partial charge in [-0.1, -0.05) is 18.2 Å². The molecule has 1 aromatic carbocycles. The lowest BCUT2D eigenvalue weighted by atomic mass is 10.4. The van der Waals surface area contributed by atoms with E-state index in [0.717, 1.165) is 0 Å². The number of benzene rings is 1. The molecule has 0 spiro atoms. The van der Waals surface area contributed by atoms with Crippen LogP contribution in [0.3, 0.4) is 0 Å². The summed E-state index contributed by atoms with van der Waals surface area (Å²) < 4.78 is 11.2. The zero-order valence-corrected chi connectivity index (χ0v) is 6.93. The molecule has 0 fully saturated rings. The summed E-state index contributed by atoms with van der Waals surface area (Å²) in [6.07, 6.45) is 0. The number of rotatable bonds is 2. The maximum atomic E-state index is 11.2. The van der Waals surface area contributed by atoms with Crippen LogP contribution in [-0.2, 0) is 4.57 Å². The molecule has 0 aliphatic carbocycles. The quantitative estimate of drug-likeness (QED) is 0.328. The molecule has 0 saturated heterocycles. The van der Waals surface area contributed by atoms with Crippen LogP contribution >= 0.6 is 7.52 Å². The summed E-state index contributed by atoms with van der Waals surface area (Å²) in [7, 11) is -3.84. The third kappa shape index (κ3) is 1.86. The minimum absolute atomic E-state index is 0.141. The van der Waals surface area contributed by atoms with Gasteiger partial charge in [-0.2, -0.15) is 0 Å². The number of hydrogen-bond acceptors (Lipinski definition) is 1. The Morgan fingerprint density at radius 3 is 2.50 bits per heavy atom. The standard InChI is InChI=1S/C6H6N3O2P/c7-8-9-12(10,11)6-4-2-1-3-5-6/h1-5H,(H,10,11). The molecule has 0 aliphatic rings. The highest BCUT2D eigenvalue weighted by Crippen LogP contribution is 2.40. The molecule has 0 heterocycles. The minimum Gasteiger partial charge on any atom is -0.337 e. The molecular formula is C6H6N3O2P. The Balaban J connectivity index is 3.15. The van der Waals surface area contributed by atoms with Gasteiger partial charge < -0.3 is 4.89 Å². The summed E-state index contributed by atoms with van der Waals surface area (Å²) in [5.74, 6) is 0. The van der Waals surface area contributed by atoms with E-state index in [1.165, 1.54) is 12.1 Å². The summed E-state index contributed by atoms with van der Waals surface area (Å²) in [4.78, 5) is 14.2. The lowest BCUT2D eigenvalue weighted by molar-refractivity contribution is 0.491. The monoisotopic (exact) mass is 183 g/mol. The third-order valence-corrected chi connectivity index (χ3v) is 2.55. The van der Waals surface area contributed by atoms with Crippen LogP contribution in [0.25, 0.3) is 10.4 Å². The van der Waals surface area contributed by atoms with Crippen molar-refractivity contribution in [3.8, 4) is 0 Å². The van der Waals surface area contributed by atoms with Gasteiger partial charge >= 0.3 is 7.52 Å². The van der Waals surface area contributed by atoms with E-state index in [1.54, 1.807) is 18.2 Å². The van der Waals surface area contributed by atoms with Crippen LogP contribution in [0.1, 0.15) is 0 Å². The van der Waals surface area contributed by atoms with Crippen molar-refractivity contribution in [2.75, 3.05) is 0 Å². The molecule has 0 aliphatic heterocycles. The molecule has 1 N–H and O–H groups in total. The van der Waals surface area contributed by atoms with Gasteiger partial charge in [-0.05, 0) is 17.7 Å². The van der Waals surface area contributed by atoms with Gasteiger partial charge in [0.1, 0.15) is 0 Å². The topological polar surface area (TPSA) is 86.1 Å². The van der Waals surface area contributed by atoms with Gasteiger partial charge in [-0.15, -0.1) is 0 Å².